The van der Waals surface area contributed by atoms with Crippen LogP contribution in [0.5, 0.6) is 0 Å². The Hall–Kier alpha value is -0.960. The van der Waals surface area contributed by atoms with Gasteiger partial charge >= 0.3 is 0 Å². The predicted octanol–water partition coefficient (Wildman–Crippen LogP) is 3.44. The third-order valence-electron chi connectivity index (χ3n) is 2.02. The molecule has 0 spiro atoms. The van der Waals surface area contributed by atoms with E-state index in [1.807, 2.05) is 19.1 Å². The van der Waals surface area contributed by atoms with E-state index in [0.717, 1.165) is 20.9 Å². The highest BCUT2D eigenvalue weighted by atomic mass is 79.9. The van der Waals surface area contributed by atoms with Gasteiger partial charge in [-0.05, 0) is 30.7 Å². The molecule has 0 amide bonds. The number of aromatic nitrogens is 1. The van der Waals surface area contributed by atoms with Gasteiger partial charge in [0.15, 0.2) is 0 Å². The van der Waals surface area contributed by atoms with Gasteiger partial charge in [-0.2, -0.15) is 4.39 Å². The molecule has 0 N–H and O–H groups in total. The van der Waals surface area contributed by atoms with E-state index in [0.29, 0.717) is 0 Å². The average Bonchev–Trinajstić information content (AvgIpc) is 2.12. The minimum atomic E-state index is -0.436. The van der Waals surface area contributed by atoms with Crippen LogP contribution in [-0.2, 0) is 0 Å². The van der Waals surface area contributed by atoms with E-state index in [2.05, 4.69) is 20.9 Å². The zero-order valence-electron chi connectivity index (χ0n) is 7.01. The van der Waals surface area contributed by atoms with Crippen LogP contribution in [0, 0.1) is 12.9 Å². The zero-order valence-corrected chi connectivity index (χ0v) is 8.60. The number of halogens is 2. The molecular formula is C10H7BrFN. The van der Waals surface area contributed by atoms with Gasteiger partial charge in [-0.3, -0.25) is 0 Å². The van der Waals surface area contributed by atoms with E-state index in [1.54, 1.807) is 6.07 Å². The minimum absolute atomic E-state index is 0.436. The topological polar surface area (TPSA) is 12.9 Å². The number of benzene rings is 1. The van der Waals surface area contributed by atoms with Crippen molar-refractivity contribution in [3.05, 3.63) is 40.2 Å². The third kappa shape index (κ3) is 1.44. The van der Waals surface area contributed by atoms with Crippen LogP contribution in [-0.4, -0.2) is 4.98 Å². The van der Waals surface area contributed by atoms with Gasteiger partial charge in [0.05, 0.1) is 5.52 Å². The maximum absolute atomic E-state index is 12.8. The molecule has 66 valence electrons. The molecule has 0 aliphatic rings. The quantitative estimate of drug-likeness (QED) is 0.642. The fourth-order valence-electron chi connectivity index (χ4n) is 1.28. The fourth-order valence-corrected chi connectivity index (χ4v) is 1.60. The first kappa shape index (κ1) is 8.63. The summed E-state index contributed by atoms with van der Waals surface area (Å²) in [5.74, 6) is -0.436. The summed E-state index contributed by atoms with van der Waals surface area (Å²) in [6.45, 7) is 1.92. The molecule has 13 heavy (non-hydrogen) atoms. The molecule has 0 aliphatic heterocycles. The number of fused-ring (bicyclic) bond motifs is 1. The van der Waals surface area contributed by atoms with E-state index in [4.69, 9.17) is 0 Å². The van der Waals surface area contributed by atoms with Crippen molar-refractivity contribution in [3.63, 3.8) is 0 Å². The number of pyridine rings is 1. The van der Waals surface area contributed by atoms with Gasteiger partial charge in [-0.1, -0.05) is 22.0 Å². The van der Waals surface area contributed by atoms with Crippen LogP contribution in [0.1, 0.15) is 5.56 Å². The highest BCUT2D eigenvalue weighted by Gasteiger charge is 2.03. The van der Waals surface area contributed by atoms with Crippen molar-refractivity contribution in [1.29, 1.82) is 0 Å². The van der Waals surface area contributed by atoms with Crippen LogP contribution in [0.2, 0.25) is 0 Å². The second-order valence-electron chi connectivity index (χ2n) is 2.88. The van der Waals surface area contributed by atoms with Crippen LogP contribution >= 0.6 is 15.9 Å². The zero-order chi connectivity index (χ0) is 9.42. The van der Waals surface area contributed by atoms with Gasteiger partial charge in [0, 0.05) is 9.86 Å². The molecule has 2 aromatic rings. The maximum atomic E-state index is 12.8. The second kappa shape index (κ2) is 3.07. The van der Waals surface area contributed by atoms with Gasteiger partial charge in [0.1, 0.15) is 0 Å². The summed E-state index contributed by atoms with van der Waals surface area (Å²) in [4.78, 5) is 3.84. The van der Waals surface area contributed by atoms with Crippen molar-refractivity contribution in [1.82, 2.24) is 4.98 Å². The standard InChI is InChI=1S/C10H7BrFN/c1-6-8(11)4-2-7-3-5-9(12)13-10(6)7/h2-5H,1H3. The number of rotatable bonds is 0. The Morgan fingerprint density at radius 2 is 1.92 bits per heavy atom. The van der Waals surface area contributed by atoms with Gasteiger partial charge in [-0.15, -0.1) is 0 Å². The molecule has 1 aromatic carbocycles. The summed E-state index contributed by atoms with van der Waals surface area (Å²) in [6, 6.07) is 6.96. The largest absolute Gasteiger partial charge is 0.219 e. The molecule has 2 rings (SSSR count). The van der Waals surface area contributed by atoms with Crippen LogP contribution in [0.15, 0.2) is 28.7 Å². The van der Waals surface area contributed by atoms with Gasteiger partial charge in [0.25, 0.3) is 0 Å². The molecule has 0 fully saturated rings. The summed E-state index contributed by atoms with van der Waals surface area (Å²) >= 11 is 3.38. The average molecular weight is 240 g/mol. The number of hydrogen-bond donors (Lipinski definition) is 0. The number of nitrogens with zero attached hydrogens (tertiary/aromatic N) is 1. The highest BCUT2D eigenvalue weighted by Crippen LogP contribution is 2.23. The molecule has 1 nitrogen and oxygen atoms in total. The van der Waals surface area contributed by atoms with E-state index >= 15 is 0 Å². The van der Waals surface area contributed by atoms with Gasteiger partial charge in [0.2, 0.25) is 5.95 Å². The highest BCUT2D eigenvalue weighted by molar-refractivity contribution is 9.10. The summed E-state index contributed by atoms with van der Waals surface area (Å²) in [6.07, 6.45) is 0. The Morgan fingerprint density at radius 1 is 1.23 bits per heavy atom. The lowest BCUT2D eigenvalue weighted by Gasteiger charge is -2.02. The number of aryl methyl sites for hydroxylation is 1. The van der Waals surface area contributed by atoms with Gasteiger partial charge in [-0.25, -0.2) is 4.98 Å². The predicted molar refractivity (Wildman–Crippen MR) is 54.1 cm³/mol. The smallest absolute Gasteiger partial charge is 0.213 e. The Labute approximate surface area is 83.7 Å². The lowest BCUT2D eigenvalue weighted by atomic mass is 10.1. The molecule has 0 atom stereocenters. The Kier molecular flexibility index (Phi) is 2.04. The summed E-state index contributed by atoms with van der Waals surface area (Å²) in [7, 11) is 0. The summed E-state index contributed by atoms with van der Waals surface area (Å²) in [5, 5.41) is 0.960. The lowest BCUT2D eigenvalue weighted by molar-refractivity contribution is 0.589. The molecule has 0 unspecified atom stereocenters. The second-order valence-corrected chi connectivity index (χ2v) is 3.73. The van der Waals surface area contributed by atoms with Crippen LogP contribution in [0.25, 0.3) is 10.9 Å². The molecule has 1 aromatic heterocycles. The first-order valence-corrected chi connectivity index (χ1v) is 4.69. The van der Waals surface area contributed by atoms with Crippen molar-refractivity contribution >= 4 is 26.8 Å². The molecule has 0 radical (unpaired) electrons. The Bertz CT molecular complexity index is 462. The molecular weight excluding hydrogens is 233 g/mol. The van der Waals surface area contributed by atoms with Crippen LogP contribution in [0.3, 0.4) is 0 Å². The molecule has 3 heteroatoms. The van der Waals surface area contributed by atoms with E-state index < -0.39 is 5.95 Å². The Balaban J connectivity index is 2.89. The fraction of sp³-hybridized carbons (Fsp3) is 0.100. The van der Waals surface area contributed by atoms with Crippen LogP contribution in [0.4, 0.5) is 4.39 Å². The molecule has 0 bridgehead atoms. The molecule has 1 heterocycles. The van der Waals surface area contributed by atoms with E-state index in [1.165, 1.54) is 6.07 Å². The normalized spacial score (nSPS) is 10.7. The van der Waals surface area contributed by atoms with Crippen LogP contribution < -0.4 is 0 Å². The van der Waals surface area contributed by atoms with Crippen molar-refractivity contribution in [2.75, 3.05) is 0 Å². The van der Waals surface area contributed by atoms with E-state index in [9.17, 15) is 4.39 Å². The number of hydrogen-bond acceptors (Lipinski definition) is 1. The monoisotopic (exact) mass is 239 g/mol. The van der Waals surface area contributed by atoms with Gasteiger partial charge < -0.3 is 0 Å². The third-order valence-corrected chi connectivity index (χ3v) is 2.87. The SMILES string of the molecule is Cc1c(Br)ccc2ccc(F)nc12. The minimum Gasteiger partial charge on any atom is -0.219 e. The molecule has 0 saturated heterocycles. The summed E-state index contributed by atoms with van der Waals surface area (Å²) < 4.78 is 13.8. The van der Waals surface area contributed by atoms with Crippen molar-refractivity contribution in [3.8, 4) is 0 Å². The van der Waals surface area contributed by atoms with E-state index in [-0.39, 0.29) is 0 Å². The summed E-state index contributed by atoms with van der Waals surface area (Å²) in [5.41, 5.74) is 1.69. The van der Waals surface area contributed by atoms with Crippen molar-refractivity contribution < 1.29 is 4.39 Å². The first-order chi connectivity index (χ1) is 6.18. The Morgan fingerprint density at radius 3 is 2.69 bits per heavy atom. The maximum Gasteiger partial charge on any atom is 0.213 e. The lowest BCUT2D eigenvalue weighted by Crippen LogP contribution is -1.87. The molecule has 0 saturated carbocycles. The van der Waals surface area contributed by atoms with Crippen molar-refractivity contribution in [2.45, 2.75) is 6.92 Å². The molecule has 0 aliphatic carbocycles. The first-order valence-electron chi connectivity index (χ1n) is 3.90. The van der Waals surface area contributed by atoms with Crippen molar-refractivity contribution in [2.24, 2.45) is 0 Å².